The van der Waals surface area contributed by atoms with Crippen molar-refractivity contribution >= 4 is 16.7 Å². The maximum absolute atomic E-state index is 11.1. The van der Waals surface area contributed by atoms with Gasteiger partial charge in [-0.15, -0.1) is 0 Å². The zero-order valence-corrected chi connectivity index (χ0v) is 9.34. The van der Waals surface area contributed by atoms with E-state index in [9.17, 15) is 4.79 Å². The summed E-state index contributed by atoms with van der Waals surface area (Å²) >= 11 is 0. The predicted octanol–water partition coefficient (Wildman–Crippen LogP) is 2.52. The van der Waals surface area contributed by atoms with E-state index in [1.165, 1.54) is 13.2 Å². The Balaban J connectivity index is 2.58. The molecule has 4 heteroatoms. The molecule has 88 valence electrons. The molecule has 2 rings (SSSR count). The normalized spacial score (nSPS) is 10.4. The van der Waals surface area contributed by atoms with Crippen molar-refractivity contribution < 1.29 is 19.4 Å². The van der Waals surface area contributed by atoms with Crippen LogP contribution in [-0.2, 0) is 4.74 Å². The number of fused-ring (bicyclic) bond motifs is 1. The number of methoxy groups -OCH3 is 1. The molecule has 0 aliphatic rings. The monoisotopic (exact) mass is 232 g/mol. The van der Waals surface area contributed by atoms with Gasteiger partial charge in [-0.1, -0.05) is 24.3 Å². The number of aromatic carboxylic acids is 1. The maximum atomic E-state index is 11.1. The molecule has 0 amide bonds. The van der Waals surface area contributed by atoms with Crippen LogP contribution in [0.2, 0.25) is 0 Å². The summed E-state index contributed by atoms with van der Waals surface area (Å²) in [5.74, 6) is -0.327. The highest BCUT2D eigenvalue weighted by atomic mass is 16.7. The van der Waals surface area contributed by atoms with Gasteiger partial charge in [-0.25, -0.2) is 4.79 Å². The number of rotatable bonds is 4. The highest BCUT2D eigenvalue weighted by Gasteiger charge is 2.11. The number of carboxylic acid groups (broad SMARTS) is 1. The van der Waals surface area contributed by atoms with Crippen LogP contribution in [-0.4, -0.2) is 25.0 Å². The summed E-state index contributed by atoms with van der Waals surface area (Å²) in [6.07, 6.45) is 0. The molecule has 0 unspecified atom stereocenters. The Morgan fingerprint density at radius 1 is 1.18 bits per heavy atom. The Morgan fingerprint density at radius 2 is 1.88 bits per heavy atom. The Hall–Kier alpha value is -2.07. The van der Waals surface area contributed by atoms with Gasteiger partial charge in [0.25, 0.3) is 0 Å². The van der Waals surface area contributed by atoms with Crippen molar-refractivity contribution in [3.8, 4) is 5.75 Å². The van der Waals surface area contributed by atoms with E-state index >= 15 is 0 Å². The van der Waals surface area contributed by atoms with Crippen molar-refractivity contribution in [3.05, 3.63) is 42.0 Å². The minimum Gasteiger partial charge on any atom is -0.478 e. The van der Waals surface area contributed by atoms with Gasteiger partial charge in [-0.05, 0) is 17.5 Å². The molecule has 0 spiro atoms. The molecule has 1 N–H and O–H groups in total. The first-order valence-corrected chi connectivity index (χ1v) is 5.11. The van der Waals surface area contributed by atoms with Crippen LogP contribution < -0.4 is 4.74 Å². The summed E-state index contributed by atoms with van der Waals surface area (Å²) in [5, 5.41) is 10.5. The van der Waals surface area contributed by atoms with Gasteiger partial charge in [0.05, 0.1) is 5.56 Å². The van der Waals surface area contributed by atoms with Crippen molar-refractivity contribution in [2.75, 3.05) is 13.9 Å². The maximum Gasteiger partial charge on any atom is 0.336 e. The van der Waals surface area contributed by atoms with Crippen LogP contribution in [0.25, 0.3) is 10.8 Å². The minimum atomic E-state index is -0.945. The first-order chi connectivity index (χ1) is 8.24. The van der Waals surface area contributed by atoms with Crippen LogP contribution in [0.5, 0.6) is 5.75 Å². The molecule has 0 aliphatic carbocycles. The fraction of sp³-hybridized carbons (Fsp3) is 0.154. The Bertz CT molecular complexity index is 548. The molecular weight excluding hydrogens is 220 g/mol. The lowest BCUT2D eigenvalue weighted by Crippen LogP contribution is -2.02. The molecule has 0 saturated heterocycles. The standard InChI is InChI=1S/C13H12O4/c1-16-8-17-12-7-6-11(13(14)15)9-4-2-3-5-10(9)12/h2-7H,8H2,1H3,(H,14,15). The number of benzene rings is 2. The molecule has 0 fully saturated rings. The molecule has 0 aromatic heterocycles. The summed E-state index contributed by atoms with van der Waals surface area (Å²) in [5.41, 5.74) is 0.269. The summed E-state index contributed by atoms with van der Waals surface area (Å²) in [7, 11) is 1.54. The number of ether oxygens (including phenoxy) is 2. The zero-order valence-electron chi connectivity index (χ0n) is 9.34. The second-order valence-corrected chi connectivity index (χ2v) is 3.51. The topological polar surface area (TPSA) is 55.8 Å². The lowest BCUT2D eigenvalue weighted by atomic mass is 10.0. The fourth-order valence-corrected chi connectivity index (χ4v) is 1.71. The van der Waals surface area contributed by atoms with E-state index in [4.69, 9.17) is 14.6 Å². The number of hydrogen-bond acceptors (Lipinski definition) is 3. The van der Waals surface area contributed by atoms with E-state index in [0.29, 0.717) is 11.1 Å². The van der Waals surface area contributed by atoms with Gasteiger partial charge in [-0.2, -0.15) is 0 Å². The Morgan fingerprint density at radius 3 is 2.53 bits per heavy atom. The quantitative estimate of drug-likeness (QED) is 0.823. The van der Waals surface area contributed by atoms with Crippen LogP contribution in [0.15, 0.2) is 36.4 Å². The molecule has 4 nitrogen and oxygen atoms in total. The van der Waals surface area contributed by atoms with Gasteiger partial charge in [-0.3, -0.25) is 0 Å². The van der Waals surface area contributed by atoms with Gasteiger partial charge in [0.15, 0.2) is 6.79 Å². The third kappa shape index (κ3) is 2.21. The summed E-state index contributed by atoms with van der Waals surface area (Å²) in [6, 6.07) is 10.4. The highest BCUT2D eigenvalue weighted by Crippen LogP contribution is 2.28. The van der Waals surface area contributed by atoms with Crippen molar-refractivity contribution in [2.24, 2.45) is 0 Å². The predicted molar refractivity (Wildman–Crippen MR) is 63.4 cm³/mol. The van der Waals surface area contributed by atoms with Crippen molar-refractivity contribution in [1.82, 2.24) is 0 Å². The average molecular weight is 232 g/mol. The molecule has 2 aromatic carbocycles. The van der Waals surface area contributed by atoms with E-state index in [2.05, 4.69) is 0 Å². The van der Waals surface area contributed by atoms with Crippen molar-refractivity contribution in [1.29, 1.82) is 0 Å². The number of carboxylic acids is 1. The second-order valence-electron chi connectivity index (χ2n) is 3.51. The molecule has 0 bridgehead atoms. The molecule has 0 heterocycles. The first-order valence-electron chi connectivity index (χ1n) is 5.11. The third-order valence-electron chi connectivity index (χ3n) is 2.45. The first kappa shape index (κ1) is 11.4. The Kier molecular flexibility index (Phi) is 3.25. The van der Waals surface area contributed by atoms with Crippen LogP contribution >= 0.6 is 0 Å². The van der Waals surface area contributed by atoms with E-state index in [1.807, 2.05) is 12.1 Å². The molecule has 2 aromatic rings. The molecule has 0 atom stereocenters. The van der Waals surface area contributed by atoms with E-state index < -0.39 is 5.97 Å². The molecule has 0 radical (unpaired) electrons. The van der Waals surface area contributed by atoms with Gasteiger partial charge in [0, 0.05) is 12.5 Å². The van der Waals surface area contributed by atoms with Crippen LogP contribution in [0.3, 0.4) is 0 Å². The van der Waals surface area contributed by atoms with Gasteiger partial charge >= 0.3 is 5.97 Å². The number of hydrogen-bond donors (Lipinski definition) is 1. The van der Waals surface area contributed by atoms with Crippen LogP contribution in [0.4, 0.5) is 0 Å². The van der Waals surface area contributed by atoms with Crippen LogP contribution in [0, 0.1) is 0 Å². The van der Waals surface area contributed by atoms with Gasteiger partial charge < -0.3 is 14.6 Å². The molecule has 17 heavy (non-hydrogen) atoms. The van der Waals surface area contributed by atoms with Crippen LogP contribution in [0.1, 0.15) is 10.4 Å². The van der Waals surface area contributed by atoms with Crippen molar-refractivity contribution in [2.45, 2.75) is 0 Å². The molecule has 0 aliphatic heterocycles. The van der Waals surface area contributed by atoms with E-state index in [0.717, 1.165) is 5.39 Å². The summed E-state index contributed by atoms with van der Waals surface area (Å²) in [4.78, 5) is 11.1. The van der Waals surface area contributed by atoms with Gasteiger partial charge in [0.2, 0.25) is 0 Å². The number of carbonyl (C=O) groups is 1. The molecular formula is C13H12O4. The molecule has 0 saturated carbocycles. The van der Waals surface area contributed by atoms with E-state index in [1.54, 1.807) is 18.2 Å². The largest absolute Gasteiger partial charge is 0.478 e. The SMILES string of the molecule is COCOc1ccc(C(=O)O)c2ccccc12. The summed E-state index contributed by atoms with van der Waals surface area (Å²) in [6.45, 7) is 0.135. The average Bonchev–Trinajstić information content (AvgIpc) is 2.35. The van der Waals surface area contributed by atoms with Gasteiger partial charge in [0.1, 0.15) is 5.75 Å². The summed E-state index contributed by atoms with van der Waals surface area (Å²) < 4.78 is 10.2. The second kappa shape index (κ2) is 4.84. The van der Waals surface area contributed by atoms with E-state index in [-0.39, 0.29) is 12.4 Å². The minimum absolute atomic E-state index is 0.135. The smallest absolute Gasteiger partial charge is 0.336 e. The zero-order chi connectivity index (χ0) is 12.3. The fourth-order valence-electron chi connectivity index (χ4n) is 1.71. The lowest BCUT2D eigenvalue weighted by Gasteiger charge is -2.09. The van der Waals surface area contributed by atoms with Crippen molar-refractivity contribution in [3.63, 3.8) is 0 Å². The highest BCUT2D eigenvalue weighted by molar-refractivity contribution is 6.05. The third-order valence-corrected chi connectivity index (χ3v) is 2.45. The lowest BCUT2D eigenvalue weighted by molar-refractivity contribution is 0.0522. The Labute approximate surface area is 98.4 Å².